The average Bonchev–Trinajstić information content (AvgIpc) is 3.20. The van der Waals surface area contributed by atoms with Crippen molar-refractivity contribution in [1.82, 2.24) is 20.1 Å². The average molecular weight is 313 g/mol. The van der Waals surface area contributed by atoms with Gasteiger partial charge in [-0.05, 0) is 26.0 Å². The van der Waals surface area contributed by atoms with Crippen LogP contribution in [0.1, 0.15) is 30.3 Å². The number of hydrogen-bond acceptors (Lipinski definition) is 5. The first-order chi connectivity index (χ1) is 11.2. The molecule has 1 N–H and O–H groups in total. The Morgan fingerprint density at radius 3 is 3.04 bits per heavy atom. The highest BCUT2D eigenvalue weighted by molar-refractivity contribution is 6.04. The van der Waals surface area contributed by atoms with Crippen LogP contribution in [0.4, 0.5) is 0 Å². The number of nitrogens with zero attached hydrogens (tertiary/aromatic N) is 4. The minimum atomic E-state index is -0.599. The lowest BCUT2D eigenvalue weighted by molar-refractivity contribution is -0.131. The summed E-state index contributed by atoms with van der Waals surface area (Å²) < 4.78 is 1.90. The second-order valence-corrected chi connectivity index (χ2v) is 5.33. The normalized spacial score (nSPS) is 16.8. The predicted molar refractivity (Wildman–Crippen MR) is 84.7 cm³/mol. The van der Waals surface area contributed by atoms with Gasteiger partial charge in [-0.25, -0.2) is 0 Å². The van der Waals surface area contributed by atoms with Crippen LogP contribution in [0.2, 0.25) is 0 Å². The van der Waals surface area contributed by atoms with Gasteiger partial charge in [-0.2, -0.15) is 5.10 Å². The van der Waals surface area contributed by atoms with Crippen molar-refractivity contribution in [2.45, 2.75) is 39.5 Å². The van der Waals surface area contributed by atoms with Crippen molar-refractivity contribution in [3.05, 3.63) is 47.5 Å². The van der Waals surface area contributed by atoms with Crippen molar-refractivity contribution in [2.24, 2.45) is 5.16 Å². The monoisotopic (exact) mass is 313 g/mol. The maximum Gasteiger partial charge on any atom is 0.264 e. The SMILES string of the molecule is CCn1ncc(C2=NO[C@@H](C(=O)NCc3ccccn3)C2)c1C. The fourth-order valence-electron chi connectivity index (χ4n) is 2.52. The number of oxime groups is 1. The van der Waals surface area contributed by atoms with Gasteiger partial charge in [0.05, 0.1) is 24.1 Å². The Balaban J connectivity index is 1.58. The van der Waals surface area contributed by atoms with Crippen LogP contribution in [0.15, 0.2) is 35.7 Å². The number of aromatic nitrogens is 3. The fourth-order valence-corrected chi connectivity index (χ4v) is 2.52. The van der Waals surface area contributed by atoms with E-state index in [9.17, 15) is 4.79 Å². The summed E-state index contributed by atoms with van der Waals surface area (Å²) in [6.07, 6.45) is 3.32. The Kier molecular flexibility index (Phi) is 4.36. The van der Waals surface area contributed by atoms with Crippen LogP contribution >= 0.6 is 0 Å². The molecule has 1 atom stereocenters. The molecule has 0 spiro atoms. The Hall–Kier alpha value is -2.70. The topological polar surface area (TPSA) is 81.4 Å². The molecule has 0 aliphatic carbocycles. The number of amides is 1. The third kappa shape index (κ3) is 3.23. The fraction of sp³-hybridized carbons (Fsp3) is 0.375. The smallest absolute Gasteiger partial charge is 0.264 e. The van der Waals surface area contributed by atoms with Crippen LogP contribution in [-0.4, -0.2) is 32.5 Å². The molecule has 1 aliphatic rings. The zero-order valence-electron chi connectivity index (χ0n) is 13.2. The Morgan fingerprint density at radius 2 is 2.35 bits per heavy atom. The number of nitrogens with one attached hydrogen (secondary N) is 1. The third-order valence-corrected chi connectivity index (χ3v) is 3.84. The Morgan fingerprint density at radius 1 is 1.48 bits per heavy atom. The molecule has 0 saturated heterocycles. The zero-order valence-corrected chi connectivity index (χ0v) is 13.2. The largest absolute Gasteiger partial charge is 0.382 e. The number of aryl methyl sites for hydroxylation is 1. The zero-order chi connectivity index (χ0) is 16.2. The van der Waals surface area contributed by atoms with Crippen LogP contribution in [0.5, 0.6) is 0 Å². The van der Waals surface area contributed by atoms with Crippen molar-refractivity contribution >= 4 is 11.6 Å². The minimum absolute atomic E-state index is 0.185. The molecular formula is C16H19N5O2. The summed E-state index contributed by atoms with van der Waals surface area (Å²) in [5, 5.41) is 11.2. The first-order valence-electron chi connectivity index (χ1n) is 7.62. The quantitative estimate of drug-likeness (QED) is 0.905. The van der Waals surface area contributed by atoms with Gasteiger partial charge in [0.25, 0.3) is 5.91 Å². The lowest BCUT2D eigenvalue weighted by atomic mass is 10.1. The summed E-state index contributed by atoms with van der Waals surface area (Å²) in [6.45, 7) is 5.20. The molecule has 1 amide bonds. The van der Waals surface area contributed by atoms with Crippen LogP contribution in [0, 0.1) is 6.92 Å². The van der Waals surface area contributed by atoms with E-state index >= 15 is 0 Å². The maximum atomic E-state index is 12.2. The highest BCUT2D eigenvalue weighted by Gasteiger charge is 2.30. The van der Waals surface area contributed by atoms with Crippen LogP contribution in [0.3, 0.4) is 0 Å². The molecule has 7 heteroatoms. The molecular weight excluding hydrogens is 294 g/mol. The number of carbonyl (C=O) groups is 1. The number of pyridine rings is 1. The first kappa shape index (κ1) is 15.2. The van der Waals surface area contributed by atoms with Gasteiger partial charge in [0.15, 0.2) is 0 Å². The Labute approximate surface area is 134 Å². The van der Waals surface area contributed by atoms with Crippen molar-refractivity contribution in [1.29, 1.82) is 0 Å². The van der Waals surface area contributed by atoms with E-state index in [1.54, 1.807) is 12.4 Å². The molecule has 0 saturated carbocycles. The summed E-state index contributed by atoms with van der Waals surface area (Å²) in [4.78, 5) is 21.6. The predicted octanol–water partition coefficient (Wildman–Crippen LogP) is 1.42. The van der Waals surface area contributed by atoms with Gasteiger partial charge in [0.2, 0.25) is 6.10 Å². The molecule has 0 fully saturated rings. The summed E-state index contributed by atoms with van der Waals surface area (Å²) in [7, 11) is 0. The molecule has 3 heterocycles. The third-order valence-electron chi connectivity index (χ3n) is 3.84. The second kappa shape index (κ2) is 6.60. The molecule has 2 aromatic rings. The van der Waals surface area contributed by atoms with Crippen molar-refractivity contribution < 1.29 is 9.63 Å². The van der Waals surface area contributed by atoms with Gasteiger partial charge in [-0.15, -0.1) is 0 Å². The van der Waals surface area contributed by atoms with Crippen LogP contribution in [-0.2, 0) is 22.7 Å². The highest BCUT2D eigenvalue weighted by Crippen LogP contribution is 2.19. The molecule has 0 unspecified atom stereocenters. The van der Waals surface area contributed by atoms with Gasteiger partial charge in [-0.3, -0.25) is 14.5 Å². The summed E-state index contributed by atoms with van der Waals surface area (Å²) in [5.74, 6) is -0.185. The van der Waals surface area contributed by atoms with Crippen molar-refractivity contribution in [3.8, 4) is 0 Å². The molecule has 120 valence electrons. The van der Waals surface area contributed by atoms with E-state index in [0.29, 0.717) is 13.0 Å². The molecule has 3 rings (SSSR count). The van der Waals surface area contributed by atoms with E-state index in [4.69, 9.17) is 4.84 Å². The second-order valence-electron chi connectivity index (χ2n) is 5.33. The molecule has 7 nitrogen and oxygen atoms in total. The molecule has 0 aromatic carbocycles. The van der Waals surface area contributed by atoms with Gasteiger partial charge in [-0.1, -0.05) is 11.2 Å². The molecule has 0 radical (unpaired) electrons. The van der Waals surface area contributed by atoms with E-state index in [0.717, 1.165) is 29.2 Å². The molecule has 1 aliphatic heterocycles. The van der Waals surface area contributed by atoms with Gasteiger partial charge >= 0.3 is 0 Å². The standard InChI is InChI=1S/C16H19N5O2/c1-3-21-11(2)13(10-19-21)14-8-15(23-20-14)16(22)18-9-12-6-4-5-7-17-12/h4-7,10,15H,3,8-9H2,1-2H3,(H,18,22)/t15-/m1/s1. The lowest BCUT2D eigenvalue weighted by Gasteiger charge is -2.09. The lowest BCUT2D eigenvalue weighted by Crippen LogP contribution is -2.34. The van der Waals surface area contributed by atoms with Crippen LogP contribution in [0.25, 0.3) is 0 Å². The van der Waals surface area contributed by atoms with Crippen molar-refractivity contribution in [3.63, 3.8) is 0 Å². The van der Waals surface area contributed by atoms with Crippen LogP contribution < -0.4 is 5.32 Å². The van der Waals surface area contributed by atoms with Gasteiger partial charge in [0, 0.05) is 30.4 Å². The van der Waals surface area contributed by atoms with E-state index in [1.165, 1.54) is 0 Å². The van der Waals surface area contributed by atoms with E-state index in [1.807, 2.05) is 36.7 Å². The highest BCUT2D eigenvalue weighted by atomic mass is 16.6. The van der Waals surface area contributed by atoms with E-state index in [-0.39, 0.29) is 5.91 Å². The summed E-state index contributed by atoms with van der Waals surface area (Å²) in [5.41, 5.74) is 3.54. The Bertz CT molecular complexity index is 723. The minimum Gasteiger partial charge on any atom is -0.382 e. The van der Waals surface area contributed by atoms with Gasteiger partial charge < -0.3 is 10.2 Å². The van der Waals surface area contributed by atoms with E-state index < -0.39 is 6.10 Å². The summed E-state index contributed by atoms with van der Waals surface area (Å²) >= 11 is 0. The summed E-state index contributed by atoms with van der Waals surface area (Å²) in [6, 6.07) is 5.58. The molecule has 2 aromatic heterocycles. The maximum absolute atomic E-state index is 12.2. The first-order valence-corrected chi connectivity index (χ1v) is 7.62. The number of hydrogen-bond donors (Lipinski definition) is 1. The number of carbonyl (C=O) groups excluding carboxylic acids is 1. The van der Waals surface area contributed by atoms with E-state index in [2.05, 4.69) is 20.6 Å². The number of rotatable bonds is 5. The van der Waals surface area contributed by atoms with Crippen molar-refractivity contribution in [2.75, 3.05) is 0 Å². The van der Waals surface area contributed by atoms with Gasteiger partial charge in [0.1, 0.15) is 0 Å². The molecule has 0 bridgehead atoms. The molecule has 23 heavy (non-hydrogen) atoms.